The third-order valence-electron chi connectivity index (χ3n) is 19.4. The van der Waals surface area contributed by atoms with Gasteiger partial charge in [-0.1, -0.05) is 275 Å². The summed E-state index contributed by atoms with van der Waals surface area (Å²) in [7, 11) is 0. The topological polar surface area (TPSA) is 80.9 Å². The van der Waals surface area contributed by atoms with Gasteiger partial charge < -0.3 is 20.4 Å². The molecule has 4 heteroatoms. The number of phenolic OH excluding ortho intramolecular Hbond substituents is 4. The van der Waals surface area contributed by atoms with E-state index in [9.17, 15) is 20.4 Å². The molecule has 0 fully saturated rings. The summed E-state index contributed by atoms with van der Waals surface area (Å²) < 4.78 is 0. The molecule has 4 N–H and O–H groups in total. The quantitative estimate of drug-likeness (QED) is 0.0868. The first-order chi connectivity index (χ1) is 40.9. The van der Waals surface area contributed by atoms with Gasteiger partial charge in [0, 0.05) is 44.6 Å². The smallest absolute Gasteiger partial charge is 0.122 e. The van der Waals surface area contributed by atoms with Crippen molar-refractivity contribution in [2.45, 2.75) is 117 Å². The van der Waals surface area contributed by atoms with Crippen LogP contribution in [-0.4, -0.2) is 20.4 Å². The number of hydrogen-bond acceptors (Lipinski definition) is 4. The summed E-state index contributed by atoms with van der Waals surface area (Å²) in [4.78, 5) is 0. The Morgan fingerprint density at radius 3 is 1.14 bits per heavy atom. The van der Waals surface area contributed by atoms with Crippen LogP contribution in [0.15, 0.2) is 231 Å². The fraction of sp³-hybridized carbons (Fsp3) is 0.220. The standard InChI is InChI=1S/C43H40O2.C39H40O2/c1-26-23-34(43(5,6)33-12-8-11-32(24-33)42(3,4)31-17-19-35(44)20-18-31)25-38(41(26)45)27(2)36-21-15-30-14-13-28-9-7-10-29-16-22-37(36)40(30)39(28)29;1-26-23-34(25-36(37(26)41)27(2)28-15-17-30(18-16-28)29-11-8-7-9-12-29)39(5,6)33-14-10-13-32(24-33)38(3,4)31-19-21-35(40)22-20-31/h7-25,27,44-45H,1-6H3;7-25,27,40-41H,1-6H3. The van der Waals surface area contributed by atoms with Crippen LogP contribution in [0.1, 0.15) is 159 Å². The zero-order chi connectivity index (χ0) is 61.0. The largest absolute Gasteiger partial charge is 0.508 e. The van der Waals surface area contributed by atoms with Crippen LogP contribution in [0.5, 0.6) is 23.0 Å². The molecule has 0 bridgehead atoms. The minimum atomic E-state index is -0.309. The van der Waals surface area contributed by atoms with E-state index in [0.717, 1.165) is 33.4 Å². The van der Waals surface area contributed by atoms with Crippen molar-refractivity contribution < 1.29 is 20.4 Å². The lowest BCUT2D eigenvalue weighted by atomic mass is 9.72. The second-order valence-electron chi connectivity index (χ2n) is 26.2. The van der Waals surface area contributed by atoms with Crippen LogP contribution in [0.3, 0.4) is 0 Å². The molecule has 0 amide bonds. The van der Waals surface area contributed by atoms with E-state index in [1.807, 2.05) is 44.2 Å². The highest BCUT2D eigenvalue weighted by Gasteiger charge is 2.32. The van der Waals surface area contributed by atoms with Crippen molar-refractivity contribution in [3.63, 3.8) is 0 Å². The molecule has 0 aromatic heterocycles. The Kier molecular flexibility index (Phi) is 15.5. The van der Waals surface area contributed by atoms with E-state index >= 15 is 0 Å². The number of aryl methyl sites for hydroxylation is 2. The molecule has 12 aromatic carbocycles. The van der Waals surface area contributed by atoms with Crippen molar-refractivity contribution in [3.8, 4) is 34.1 Å². The summed E-state index contributed by atoms with van der Waals surface area (Å²) in [6.07, 6.45) is 0. The second kappa shape index (κ2) is 22.7. The van der Waals surface area contributed by atoms with Crippen molar-refractivity contribution in [2.24, 2.45) is 0 Å². The Hall–Kier alpha value is -9.12. The Morgan fingerprint density at radius 1 is 0.291 bits per heavy atom. The molecule has 12 aromatic rings. The number of phenols is 4. The normalized spacial score (nSPS) is 13.0. The van der Waals surface area contributed by atoms with Crippen LogP contribution in [0.25, 0.3) is 43.4 Å². The summed E-state index contributed by atoms with van der Waals surface area (Å²) in [6, 6.07) is 80.4. The highest BCUT2D eigenvalue weighted by Crippen LogP contribution is 2.46. The number of benzene rings is 12. The van der Waals surface area contributed by atoms with Crippen LogP contribution in [0.4, 0.5) is 0 Å². The van der Waals surface area contributed by atoms with E-state index in [0.29, 0.717) is 11.5 Å². The molecule has 0 aliphatic rings. The highest BCUT2D eigenvalue weighted by atomic mass is 16.3. The summed E-state index contributed by atoms with van der Waals surface area (Å²) in [5, 5.41) is 50.0. The molecule has 0 spiro atoms. The minimum Gasteiger partial charge on any atom is -0.508 e. The van der Waals surface area contributed by atoms with Gasteiger partial charge in [0.05, 0.1) is 0 Å². The molecule has 2 unspecified atom stereocenters. The third-order valence-corrected chi connectivity index (χ3v) is 19.4. The second-order valence-corrected chi connectivity index (χ2v) is 26.2. The first-order valence-electron chi connectivity index (χ1n) is 30.3. The van der Waals surface area contributed by atoms with Gasteiger partial charge in [0.25, 0.3) is 0 Å². The molecule has 0 saturated heterocycles. The van der Waals surface area contributed by atoms with E-state index in [-0.39, 0.29) is 45.0 Å². The van der Waals surface area contributed by atoms with Gasteiger partial charge in [0.1, 0.15) is 23.0 Å². The highest BCUT2D eigenvalue weighted by molar-refractivity contribution is 6.23. The molecule has 4 nitrogen and oxygen atoms in total. The molecule has 0 heterocycles. The predicted octanol–water partition coefficient (Wildman–Crippen LogP) is 21.0. The van der Waals surface area contributed by atoms with Crippen molar-refractivity contribution in [1.29, 1.82) is 0 Å². The van der Waals surface area contributed by atoms with Crippen molar-refractivity contribution in [3.05, 3.63) is 308 Å². The Labute approximate surface area is 509 Å². The van der Waals surface area contributed by atoms with Crippen LogP contribution >= 0.6 is 0 Å². The molecule has 2 atom stereocenters. The van der Waals surface area contributed by atoms with Gasteiger partial charge in [0.2, 0.25) is 0 Å². The van der Waals surface area contributed by atoms with Crippen LogP contribution in [0.2, 0.25) is 0 Å². The molecule has 0 aliphatic heterocycles. The minimum absolute atomic E-state index is 0.0104. The Bertz CT molecular complexity index is 4400. The monoisotopic (exact) mass is 1130 g/mol. The van der Waals surface area contributed by atoms with Crippen molar-refractivity contribution >= 4 is 32.3 Å². The average molecular weight is 1130 g/mol. The van der Waals surface area contributed by atoms with Gasteiger partial charge in [0.15, 0.2) is 0 Å². The Balaban J connectivity index is 0.000000180. The van der Waals surface area contributed by atoms with Crippen molar-refractivity contribution in [1.82, 2.24) is 0 Å². The summed E-state index contributed by atoms with van der Waals surface area (Å²) in [5.74, 6) is 1.32. The summed E-state index contributed by atoms with van der Waals surface area (Å²) >= 11 is 0. The summed E-state index contributed by atoms with van der Waals surface area (Å²) in [6.45, 7) is 26.4. The lowest BCUT2D eigenvalue weighted by Crippen LogP contribution is -2.23. The fourth-order valence-electron chi connectivity index (χ4n) is 13.1. The number of aromatic hydroxyl groups is 4. The van der Waals surface area contributed by atoms with Crippen LogP contribution < -0.4 is 0 Å². The zero-order valence-electron chi connectivity index (χ0n) is 51.9. The van der Waals surface area contributed by atoms with Gasteiger partial charge in [-0.3, -0.25) is 0 Å². The van der Waals surface area contributed by atoms with E-state index in [1.165, 1.54) is 88.0 Å². The zero-order valence-corrected chi connectivity index (χ0v) is 51.9. The maximum absolute atomic E-state index is 11.5. The van der Waals surface area contributed by atoms with Crippen LogP contribution in [-0.2, 0) is 21.7 Å². The van der Waals surface area contributed by atoms with Gasteiger partial charge in [-0.05, 0) is 148 Å². The van der Waals surface area contributed by atoms with Gasteiger partial charge in [-0.25, -0.2) is 0 Å². The summed E-state index contributed by atoms with van der Waals surface area (Å²) in [5.41, 5.74) is 16.9. The molecule has 432 valence electrons. The number of rotatable bonds is 13. The third kappa shape index (κ3) is 10.9. The maximum Gasteiger partial charge on any atom is 0.122 e. The van der Waals surface area contributed by atoms with E-state index < -0.39 is 0 Å². The lowest BCUT2D eigenvalue weighted by molar-refractivity contribution is 0.460. The molecular weight excluding hydrogens is 1050 g/mol. The van der Waals surface area contributed by atoms with E-state index in [4.69, 9.17) is 0 Å². The first-order valence-corrected chi connectivity index (χ1v) is 30.3. The SMILES string of the molecule is Cc1cc(C(C)(C)c2cccc(C(C)(C)c3ccc(O)cc3)c2)cc(C(C)c2ccc(-c3ccccc3)cc2)c1O.Cc1cc(C(C)(C)c2cccc(C(C)(C)c3ccc(O)cc3)c2)cc(C(C)c2ccc3ccc4cccc5ccc2c3c45)c1O. The molecule has 0 saturated carbocycles. The molecular formula is C82H80O4. The van der Waals surface area contributed by atoms with Gasteiger partial charge in [-0.2, -0.15) is 0 Å². The van der Waals surface area contributed by atoms with E-state index in [2.05, 4.69) is 245 Å². The van der Waals surface area contributed by atoms with E-state index in [1.54, 1.807) is 24.3 Å². The number of hydrogen-bond donors (Lipinski definition) is 4. The predicted molar refractivity (Wildman–Crippen MR) is 360 cm³/mol. The Morgan fingerprint density at radius 2 is 0.674 bits per heavy atom. The maximum atomic E-state index is 11.5. The first kappa shape index (κ1) is 58.6. The van der Waals surface area contributed by atoms with Gasteiger partial charge in [-0.15, -0.1) is 0 Å². The molecule has 0 aliphatic carbocycles. The fourth-order valence-corrected chi connectivity index (χ4v) is 13.1. The molecule has 0 radical (unpaired) electrons. The van der Waals surface area contributed by atoms with Crippen molar-refractivity contribution in [2.75, 3.05) is 0 Å². The van der Waals surface area contributed by atoms with Crippen LogP contribution in [0, 0.1) is 13.8 Å². The molecule has 12 rings (SSSR count). The van der Waals surface area contributed by atoms with Gasteiger partial charge >= 0.3 is 0 Å². The average Bonchev–Trinajstić information content (AvgIpc) is 1.04. The lowest BCUT2D eigenvalue weighted by Gasteiger charge is -2.32. The molecule has 86 heavy (non-hydrogen) atoms.